The lowest BCUT2D eigenvalue weighted by Crippen LogP contribution is -2.29. The third-order valence-corrected chi connectivity index (χ3v) is 3.54. The molecule has 1 N–H and O–H groups in total. The Kier molecular flexibility index (Phi) is 3.14. The molecule has 3 nitrogen and oxygen atoms in total. The molecule has 3 rings (SSSR count). The van der Waals surface area contributed by atoms with E-state index in [9.17, 15) is 9.18 Å². The molecule has 20 heavy (non-hydrogen) atoms. The third kappa shape index (κ3) is 2.25. The molecule has 1 aliphatic heterocycles. The first-order valence-electron chi connectivity index (χ1n) is 6.54. The Morgan fingerprint density at radius 2 is 1.75 bits per heavy atom. The van der Waals surface area contributed by atoms with E-state index in [4.69, 9.17) is 0 Å². The predicted molar refractivity (Wildman–Crippen MR) is 76.2 cm³/mol. The quantitative estimate of drug-likeness (QED) is 0.891. The smallest absolute Gasteiger partial charge is 0.322 e. The van der Waals surface area contributed by atoms with Gasteiger partial charge in [-0.2, -0.15) is 0 Å². The fraction of sp³-hybridized carbons (Fsp3) is 0.188. The van der Waals surface area contributed by atoms with Crippen molar-refractivity contribution in [1.29, 1.82) is 0 Å². The van der Waals surface area contributed by atoms with Gasteiger partial charge in [0.05, 0.1) is 6.04 Å². The zero-order valence-electron chi connectivity index (χ0n) is 11.1. The van der Waals surface area contributed by atoms with Crippen LogP contribution < -0.4 is 10.2 Å². The topological polar surface area (TPSA) is 32.3 Å². The van der Waals surface area contributed by atoms with Crippen molar-refractivity contribution in [3.63, 3.8) is 0 Å². The summed E-state index contributed by atoms with van der Waals surface area (Å²) >= 11 is 0. The minimum absolute atomic E-state index is 0.0615. The molecule has 0 saturated carbocycles. The van der Waals surface area contributed by atoms with Gasteiger partial charge in [0.25, 0.3) is 0 Å². The first kappa shape index (κ1) is 12.7. The van der Waals surface area contributed by atoms with Gasteiger partial charge in [0.15, 0.2) is 0 Å². The van der Waals surface area contributed by atoms with Gasteiger partial charge in [-0.25, -0.2) is 9.18 Å². The summed E-state index contributed by atoms with van der Waals surface area (Å²) in [4.78, 5) is 13.7. The standard InChI is InChI=1S/C16H15FN2O/c1-11-2-4-12(5-3-11)15-10-18-16(20)19(15)14-8-6-13(17)7-9-14/h2-9,15H,10H2,1H3,(H,18,20). The van der Waals surface area contributed by atoms with Gasteiger partial charge < -0.3 is 5.32 Å². The van der Waals surface area contributed by atoms with Crippen molar-refractivity contribution in [1.82, 2.24) is 5.32 Å². The Labute approximate surface area is 117 Å². The average molecular weight is 270 g/mol. The molecule has 2 amide bonds. The fourth-order valence-corrected chi connectivity index (χ4v) is 2.46. The monoisotopic (exact) mass is 270 g/mol. The molecule has 2 aromatic rings. The number of hydrogen-bond acceptors (Lipinski definition) is 1. The molecule has 1 atom stereocenters. The van der Waals surface area contributed by atoms with Gasteiger partial charge in [0, 0.05) is 12.2 Å². The van der Waals surface area contributed by atoms with E-state index in [-0.39, 0.29) is 17.9 Å². The molecule has 4 heteroatoms. The summed E-state index contributed by atoms with van der Waals surface area (Å²) in [5.74, 6) is -0.305. The molecular formula is C16H15FN2O. The van der Waals surface area contributed by atoms with E-state index in [1.54, 1.807) is 17.0 Å². The van der Waals surface area contributed by atoms with Crippen LogP contribution in [0.5, 0.6) is 0 Å². The Hall–Kier alpha value is -2.36. The summed E-state index contributed by atoms with van der Waals surface area (Å²) < 4.78 is 13.0. The van der Waals surface area contributed by atoms with Crippen LogP contribution in [-0.2, 0) is 0 Å². The minimum Gasteiger partial charge on any atom is -0.335 e. The molecule has 1 heterocycles. The Balaban J connectivity index is 1.96. The summed E-state index contributed by atoms with van der Waals surface area (Å²) in [6.45, 7) is 2.58. The summed E-state index contributed by atoms with van der Waals surface area (Å²) in [5.41, 5.74) is 2.95. The number of urea groups is 1. The van der Waals surface area contributed by atoms with E-state index >= 15 is 0 Å². The van der Waals surface area contributed by atoms with E-state index in [1.807, 2.05) is 31.2 Å². The number of halogens is 1. The maximum absolute atomic E-state index is 13.0. The number of nitrogens with zero attached hydrogens (tertiary/aromatic N) is 1. The molecule has 1 aliphatic rings. The van der Waals surface area contributed by atoms with Crippen molar-refractivity contribution in [2.45, 2.75) is 13.0 Å². The van der Waals surface area contributed by atoms with E-state index < -0.39 is 0 Å². The van der Waals surface area contributed by atoms with Crippen molar-refractivity contribution < 1.29 is 9.18 Å². The van der Waals surface area contributed by atoms with Crippen molar-refractivity contribution in [2.75, 3.05) is 11.4 Å². The first-order valence-corrected chi connectivity index (χ1v) is 6.54. The van der Waals surface area contributed by atoms with E-state index in [0.29, 0.717) is 12.2 Å². The van der Waals surface area contributed by atoms with Crippen molar-refractivity contribution in [3.8, 4) is 0 Å². The SMILES string of the molecule is Cc1ccc(C2CNC(=O)N2c2ccc(F)cc2)cc1. The number of benzene rings is 2. The molecule has 102 valence electrons. The fourth-order valence-electron chi connectivity index (χ4n) is 2.46. The number of carbonyl (C=O) groups is 1. The van der Waals surface area contributed by atoms with Gasteiger partial charge in [0.1, 0.15) is 5.82 Å². The Morgan fingerprint density at radius 3 is 2.40 bits per heavy atom. The molecule has 1 fully saturated rings. The van der Waals surface area contributed by atoms with Gasteiger partial charge in [0.2, 0.25) is 0 Å². The van der Waals surface area contributed by atoms with Crippen LogP contribution in [0.4, 0.5) is 14.9 Å². The van der Waals surface area contributed by atoms with Crippen molar-refractivity contribution >= 4 is 11.7 Å². The van der Waals surface area contributed by atoms with Gasteiger partial charge in [-0.15, -0.1) is 0 Å². The third-order valence-electron chi connectivity index (χ3n) is 3.54. The minimum atomic E-state index is -0.305. The van der Waals surface area contributed by atoms with Gasteiger partial charge >= 0.3 is 6.03 Å². The molecule has 2 aromatic carbocycles. The maximum Gasteiger partial charge on any atom is 0.322 e. The lowest BCUT2D eigenvalue weighted by molar-refractivity contribution is 0.251. The molecule has 1 saturated heterocycles. The van der Waals surface area contributed by atoms with Crippen LogP contribution >= 0.6 is 0 Å². The van der Waals surface area contributed by atoms with Crippen LogP contribution in [0.2, 0.25) is 0 Å². The molecular weight excluding hydrogens is 255 g/mol. The molecule has 0 radical (unpaired) electrons. The highest BCUT2D eigenvalue weighted by molar-refractivity contribution is 5.95. The highest BCUT2D eigenvalue weighted by atomic mass is 19.1. The van der Waals surface area contributed by atoms with Gasteiger partial charge in [-0.3, -0.25) is 4.90 Å². The molecule has 0 aromatic heterocycles. The van der Waals surface area contributed by atoms with Crippen LogP contribution in [0.15, 0.2) is 48.5 Å². The van der Waals surface area contributed by atoms with Crippen molar-refractivity contribution in [3.05, 3.63) is 65.5 Å². The zero-order valence-corrected chi connectivity index (χ0v) is 11.1. The number of carbonyl (C=O) groups excluding carboxylic acids is 1. The van der Waals surface area contributed by atoms with Crippen LogP contribution in [0.3, 0.4) is 0 Å². The number of rotatable bonds is 2. The maximum atomic E-state index is 13.0. The number of hydrogen-bond donors (Lipinski definition) is 1. The second-order valence-electron chi connectivity index (χ2n) is 4.96. The van der Waals surface area contributed by atoms with E-state index in [0.717, 1.165) is 5.56 Å². The number of amides is 2. The number of aryl methyl sites for hydroxylation is 1. The largest absolute Gasteiger partial charge is 0.335 e. The molecule has 0 bridgehead atoms. The first-order chi connectivity index (χ1) is 9.65. The zero-order chi connectivity index (χ0) is 14.1. The van der Waals surface area contributed by atoms with Crippen molar-refractivity contribution in [2.24, 2.45) is 0 Å². The molecule has 0 aliphatic carbocycles. The molecule has 1 unspecified atom stereocenters. The normalized spacial score (nSPS) is 18.2. The van der Waals surface area contributed by atoms with Crippen LogP contribution in [-0.4, -0.2) is 12.6 Å². The second kappa shape index (κ2) is 4.96. The van der Waals surface area contributed by atoms with Crippen LogP contribution in [0.25, 0.3) is 0 Å². The number of nitrogens with one attached hydrogen (secondary N) is 1. The lowest BCUT2D eigenvalue weighted by atomic mass is 10.0. The summed E-state index contributed by atoms with van der Waals surface area (Å²) in [5, 5.41) is 2.84. The van der Waals surface area contributed by atoms with E-state index in [2.05, 4.69) is 5.32 Å². The number of anilines is 1. The Morgan fingerprint density at radius 1 is 1.10 bits per heavy atom. The average Bonchev–Trinajstić information content (AvgIpc) is 2.83. The highest BCUT2D eigenvalue weighted by Crippen LogP contribution is 2.30. The van der Waals surface area contributed by atoms with Crippen LogP contribution in [0, 0.1) is 12.7 Å². The summed E-state index contributed by atoms with van der Waals surface area (Å²) in [6.07, 6.45) is 0. The Bertz CT molecular complexity index is 622. The van der Waals surface area contributed by atoms with Gasteiger partial charge in [-0.1, -0.05) is 29.8 Å². The summed E-state index contributed by atoms with van der Waals surface area (Å²) in [7, 11) is 0. The van der Waals surface area contributed by atoms with Crippen LogP contribution in [0.1, 0.15) is 17.2 Å². The predicted octanol–water partition coefficient (Wildman–Crippen LogP) is 3.41. The van der Waals surface area contributed by atoms with Gasteiger partial charge in [-0.05, 0) is 36.8 Å². The lowest BCUT2D eigenvalue weighted by Gasteiger charge is -2.23. The second-order valence-corrected chi connectivity index (χ2v) is 4.96. The molecule has 0 spiro atoms. The van der Waals surface area contributed by atoms with E-state index in [1.165, 1.54) is 17.7 Å². The summed E-state index contributed by atoms with van der Waals surface area (Å²) in [6, 6.07) is 13.9. The highest BCUT2D eigenvalue weighted by Gasteiger charge is 2.32.